The Balaban J connectivity index is 1.41. The first-order valence-corrected chi connectivity index (χ1v) is 9.32. The van der Waals surface area contributed by atoms with Gasteiger partial charge < -0.3 is 24.5 Å². The predicted molar refractivity (Wildman–Crippen MR) is 109 cm³/mol. The first kappa shape index (κ1) is 20.9. The van der Waals surface area contributed by atoms with E-state index in [0.29, 0.717) is 17.1 Å². The summed E-state index contributed by atoms with van der Waals surface area (Å²) in [6.45, 7) is 0.964. The van der Waals surface area contributed by atoms with Crippen LogP contribution in [0.25, 0.3) is 11.0 Å². The van der Waals surface area contributed by atoms with E-state index in [1.165, 1.54) is 7.11 Å². The van der Waals surface area contributed by atoms with Gasteiger partial charge in [-0.3, -0.25) is 14.4 Å². The molecule has 0 spiro atoms. The summed E-state index contributed by atoms with van der Waals surface area (Å²) in [6, 6.07) is 15.4. The van der Waals surface area contributed by atoms with Gasteiger partial charge in [0.1, 0.15) is 23.6 Å². The summed E-state index contributed by atoms with van der Waals surface area (Å²) >= 11 is 0. The fourth-order valence-electron chi connectivity index (χ4n) is 2.76. The van der Waals surface area contributed by atoms with Gasteiger partial charge in [-0.2, -0.15) is 0 Å². The van der Waals surface area contributed by atoms with Crippen LogP contribution in [0.2, 0.25) is 0 Å². The number of rotatable bonds is 8. The lowest BCUT2D eigenvalue weighted by molar-refractivity contribution is -0.147. The number of para-hydroxylation sites is 1. The zero-order chi connectivity index (χ0) is 21.5. The van der Waals surface area contributed by atoms with Crippen molar-refractivity contribution in [2.75, 3.05) is 20.3 Å². The molecule has 8 nitrogen and oxygen atoms in total. The zero-order valence-corrected chi connectivity index (χ0v) is 16.6. The molecule has 0 radical (unpaired) electrons. The Morgan fingerprint density at radius 3 is 2.50 bits per heavy atom. The van der Waals surface area contributed by atoms with Gasteiger partial charge in [0.05, 0.1) is 13.2 Å². The van der Waals surface area contributed by atoms with E-state index >= 15 is 0 Å². The summed E-state index contributed by atoms with van der Waals surface area (Å²) in [5.74, 6) is -0.407. The Hall–Kier alpha value is -3.81. The van der Waals surface area contributed by atoms with E-state index in [2.05, 4.69) is 10.6 Å². The molecule has 0 aliphatic rings. The quantitative estimate of drug-likeness (QED) is 0.553. The molecule has 0 fully saturated rings. The number of carbonyl (C=O) groups excluding carboxylic acids is 3. The van der Waals surface area contributed by atoms with E-state index in [9.17, 15) is 14.4 Å². The summed E-state index contributed by atoms with van der Waals surface area (Å²) in [6.07, 6.45) is 0. The second kappa shape index (κ2) is 9.60. The fraction of sp³-hybridized carbons (Fsp3) is 0.227. The van der Waals surface area contributed by atoms with Gasteiger partial charge >= 0.3 is 5.97 Å². The molecule has 2 amide bonds. The molecular formula is C22H22N2O6. The van der Waals surface area contributed by atoms with Crippen molar-refractivity contribution in [1.29, 1.82) is 0 Å². The summed E-state index contributed by atoms with van der Waals surface area (Å²) in [4.78, 5) is 35.9. The highest BCUT2D eigenvalue weighted by molar-refractivity contribution is 5.96. The van der Waals surface area contributed by atoms with Crippen LogP contribution in [0.4, 0.5) is 0 Å². The van der Waals surface area contributed by atoms with E-state index in [1.807, 2.05) is 30.3 Å². The molecular weight excluding hydrogens is 388 g/mol. The molecule has 0 saturated carbocycles. The number of hydrogen-bond acceptors (Lipinski definition) is 6. The number of amides is 2. The van der Waals surface area contributed by atoms with Gasteiger partial charge in [-0.05, 0) is 43.3 Å². The lowest BCUT2D eigenvalue weighted by atomic mass is 10.2. The number of nitrogens with one attached hydrogen (secondary N) is 2. The van der Waals surface area contributed by atoms with Gasteiger partial charge in [0.2, 0.25) is 0 Å². The summed E-state index contributed by atoms with van der Waals surface area (Å²) in [7, 11) is 1.53. The van der Waals surface area contributed by atoms with Crippen LogP contribution in [0.15, 0.2) is 59.0 Å². The maximum atomic E-state index is 12.0. The van der Waals surface area contributed by atoms with Crippen LogP contribution in [0.3, 0.4) is 0 Å². The molecule has 0 saturated heterocycles. The van der Waals surface area contributed by atoms with Crippen molar-refractivity contribution < 1.29 is 28.3 Å². The summed E-state index contributed by atoms with van der Waals surface area (Å²) in [5, 5.41) is 6.08. The van der Waals surface area contributed by atoms with Crippen molar-refractivity contribution in [3.05, 3.63) is 65.9 Å². The second-order valence-electron chi connectivity index (χ2n) is 6.55. The molecule has 0 aliphatic heterocycles. The molecule has 0 aliphatic carbocycles. The minimum atomic E-state index is -0.719. The van der Waals surface area contributed by atoms with E-state index in [1.54, 1.807) is 31.2 Å². The topological polar surface area (TPSA) is 107 Å². The van der Waals surface area contributed by atoms with Crippen molar-refractivity contribution >= 4 is 28.8 Å². The molecule has 3 aromatic rings. The Morgan fingerprint density at radius 1 is 1.07 bits per heavy atom. The Bertz CT molecular complexity index is 1010. The molecule has 0 unspecified atom stereocenters. The van der Waals surface area contributed by atoms with Gasteiger partial charge in [-0.1, -0.05) is 18.2 Å². The Kier molecular flexibility index (Phi) is 6.69. The molecule has 3 rings (SSSR count). The Labute approximate surface area is 173 Å². The third kappa shape index (κ3) is 5.38. The summed E-state index contributed by atoms with van der Waals surface area (Å²) < 4.78 is 15.6. The van der Waals surface area contributed by atoms with Gasteiger partial charge in [0.15, 0.2) is 6.61 Å². The highest BCUT2D eigenvalue weighted by Crippen LogP contribution is 2.23. The van der Waals surface area contributed by atoms with Crippen LogP contribution in [-0.4, -0.2) is 38.0 Å². The molecule has 156 valence electrons. The first-order valence-electron chi connectivity index (χ1n) is 9.32. The second-order valence-corrected chi connectivity index (χ2v) is 6.55. The number of ether oxygens (including phenoxy) is 2. The standard InChI is InChI=1S/C22H22N2O6/c1-14(19-11-16-5-3-4-6-18(16)30-19)24-20(25)13-29-21(26)12-23-22(27)15-7-9-17(28-2)10-8-15/h3-11,14H,12-13H2,1-2H3,(H,23,27)(H,24,25)/t14-/m0/s1. The van der Waals surface area contributed by atoms with Crippen LogP contribution in [-0.2, 0) is 14.3 Å². The lowest BCUT2D eigenvalue weighted by Gasteiger charge is -2.12. The van der Waals surface area contributed by atoms with Gasteiger partial charge in [-0.15, -0.1) is 0 Å². The number of esters is 1. The van der Waals surface area contributed by atoms with E-state index in [4.69, 9.17) is 13.9 Å². The molecule has 30 heavy (non-hydrogen) atoms. The largest absolute Gasteiger partial charge is 0.497 e. The number of furan rings is 1. The smallest absolute Gasteiger partial charge is 0.325 e. The molecule has 1 aromatic heterocycles. The van der Waals surface area contributed by atoms with Crippen molar-refractivity contribution in [3.63, 3.8) is 0 Å². The minimum Gasteiger partial charge on any atom is -0.497 e. The third-order valence-electron chi connectivity index (χ3n) is 4.36. The van der Waals surface area contributed by atoms with Crippen molar-refractivity contribution in [2.45, 2.75) is 13.0 Å². The Morgan fingerprint density at radius 2 is 1.80 bits per heavy atom. The van der Waals surface area contributed by atoms with Crippen molar-refractivity contribution in [2.24, 2.45) is 0 Å². The number of fused-ring (bicyclic) bond motifs is 1. The van der Waals surface area contributed by atoms with Crippen LogP contribution >= 0.6 is 0 Å². The molecule has 1 heterocycles. The maximum absolute atomic E-state index is 12.0. The molecule has 0 bridgehead atoms. The molecule has 2 aromatic carbocycles. The lowest BCUT2D eigenvalue weighted by Crippen LogP contribution is -2.34. The number of methoxy groups -OCH3 is 1. The van der Waals surface area contributed by atoms with Crippen LogP contribution in [0.5, 0.6) is 5.75 Å². The third-order valence-corrected chi connectivity index (χ3v) is 4.36. The SMILES string of the molecule is COc1ccc(C(=O)NCC(=O)OCC(=O)N[C@@H](C)c2cc3ccccc3o2)cc1. The number of carbonyl (C=O) groups is 3. The monoisotopic (exact) mass is 410 g/mol. The van der Waals surface area contributed by atoms with Gasteiger partial charge in [-0.25, -0.2) is 0 Å². The molecule has 2 N–H and O–H groups in total. The van der Waals surface area contributed by atoms with Gasteiger partial charge in [0.25, 0.3) is 11.8 Å². The average Bonchev–Trinajstić information content (AvgIpc) is 3.20. The van der Waals surface area contributed by atoms with E-state index in [0.717, 1.165) is 11.0 Å². The van der Waals surface area contributed by atoms with Crippen molar-refractivity contribution in [1.82, 2.24) is 10.6 Å². The van der Waals surface area contributed by atoms with Crippen LogP contribution in [0.1, 0.15) is 29.1 Å². The fourth-order valence-corrected chi connectivity index (χ4v) is 2.76. The molecule has 8 heteroatoms. The number of hydrogen-bond donors (Lipinski definition) is 2. The number of benzene rings is 2. The van der Waals surface area contributed by atoms with Crippen LogP contribution < -0.4 is 15.4 Å². The summed E-state index contributed by atoms with van der Waals surface area (Å²) in [5.41, 5.74) is 1.11. The maximum Gasteiger partial charge on any atom is 0.325 e. The van der Waals surface area contributed by atoms with E-state index in [-0.39, 0.29) is 6.54 Å². The average molecular weight is 410 g/mol. The molecule has 1 atom stereocenters. The van der Waals surface area contributed by atoms with E-state index < -0.39 is 30.4 Å². The van der Waals surface area contributed by atoms with Crippen LogP contribution in [0, 0.1) is 0 Å². The van der Waals surface area contributed by atoms with Gasteiger partial charge in [0, 0.05) is 10.9 Å². The first-order chi connectivity index (χ1) is 14.5. The van der Waals surface area contributed by atoms with Crippen molar-refractivity contribution in [3.8, 4) is 5.75 Å². The predicted octanol–water partition coefficient (Wildman–Crippen LogP) is 2.59. The zero-order valence-electron chi connectivity index (χ0n) is 16.6. The highest BCUT2D eigenvalue weighted by atomic mass is 16.5. The minimum absolute atomic E-state index is 0.350. The normalized spacial score (nSPS) is 11.5. The highest BCUT2D eigenvalue weighted by Gasteiger charge is 2.16.